The third-order valence-electron chi connectivity index (χ3n) is 2.05. The molecule has 0 bridgehead atoms. The Balaban J connectivity index is 3.47. The fourth-order valence-electron chi connectivity index (χ4n) is 1.19. The largest absolute Gasteiger partial charge is 0.0894 e. The summed E-state index contributed by atoms with van der Waals surface area (Å²) in [6.07, 6.45) is 6.22. The molecule has 0 rings (SSSR count). The molecule has 1 heteroatoms. The van der Waals surface area contributed by atoms with E-state index < -0.39 is 0 Å². The van der Waals surface area contributed by atoms with E-state index in [1.54, 1.807) is 0 Å². The lowest BCUT2D eigenvalue weighted by molar-refractivity contribution is 0.656. The van der Waals surface area contributed by atoms with Crippen LogP contribution in [0.3, 0.4) is 0 Å². The van der Waals surface area contributed by atoms with Crippen LogP contribution >= 0.6 is 12.2 Å². The van der Waals surface area contributed by atoms with Crippen molar-refractivity contribution in [1.82, 2.24) is 0 Å². The Hall–Kier alpha value is 0.0900. The van der Waals surface area contributed by atoms with Gasteiger partial charge in [0.05, 0.1) is 0 Å². The molecule has 1 atom stereocenters. The SMILES string of the molecule is CCCCC(=S)C(C)CCC. The standard InChI is InChI=1S/C10H20S/c1-4-6-8-10(11)9(3)7-5-2/h9H,4-8H2,1-3H3. The zero-order chi connectivity index (χ0) is 8.69. The van der Waals surface area contributed by atoms with Crippen LogP contribution < -0.4 is 0 Å². The highest BCUT2D eigenvalue weighted by atomic mass is 32.1. The molecule has 0 radical (unpaired) electrons. The highest BCUT2D eigenvalue weighted by Gasteiger charge is 2.05. The third kappa shape index (κ3) is 5.37. The lowest BCUT2D eigenvalue weighted by atomic mass is 9.98. The molecule has 0 heterocycles. The molecule has 0 saturated heterocycles. The van der Waals surface area contributed by atoms with Gasteiger partial charge in [0.1, 0.15) is 0 Å². The Labute approximate surface area is 76.4 Å². The van der Waals surface area contributed by atoms with Crippen LogP contribution in [0.4, 0.5) is 0 Å². The van der Waals surface area contributed by atoms with E-state index in [4.69, 9.17) is 12.2 Å². The second kappa shape index (κ2) is 6.78. The van der Waals surface area contributed by atoms with E-state index in [2.05, 4.69) is 20.8 Å². The Bertz CT molecular complexity index is 107. The summed E-state index contributed by atoms with van der Waals surface area (Å²) in [7, 11) is 0. The smallest absolute Gasteiger partial charge is 0.00433 e. The fourth-order valence-corrected chi connectivity index (χ4v) is 1.45. The molecule has 0 aliphatic heterocycles. The first-order valence-electron chi connectivity index (χ1n) is 4.75. The van der Waals surface area contributed by atoms with E-state index >= 15 is 0 Å². The topological polar surface area (TPSA) is 0 Å². The Kier molecular flexibility index (Phi) is 6.83. The molecule has 11 heavy (non-hydrogen) atoms. The molecule has 0 aromatic rings. The van der Waals surface area contributed by atoms with E-state index in [1.807, 2.05) is 0 Å². The van der Waals surface area contributed by atoms with Crippen molar-refractivity contribution < 1.29 is 0 Å². The maximum atomic E-state index is 5.31. The van der Waals surface area contributed by atoms with E-state index in [0.717, 1.165) is 6.42 Å². The summed E-state index contributed by atoms with van der Waals surface area (Å²) in [5.41, 5.74) is 0. The van der Waals surface area contributed by atoms with Crippen molar-refractivity contribution in [3.05, 3.63) is 0 Å². The lowest BCUT2D eigenvalue weighted by Crippen LogP contribution is -2.07. The van der Waals surface area contributed by atoms with Gasteiger partial charge in [0, 0.05) is 0 Å². The van der Waals surface area contributed by atoms with Gasteiger partial charge in [-0.25, -0.2) is 0 Å². The first-order valence-corrected chi connectivity index (χ1v) is 5.15. The molecular formula is C10H20S. The summed E-state index contributed by atoms with van der Waals surface area (Å²) in [5, 5.41) is 0. The van der Waals surface area contributed by atoms with Crippen LogP contribution in [0.15, 0.2) is 0 Å². The lowest BCUT2D eigenvalue weighted by Gasteiger charge is -2.10. The van der Waals surface area contributed by atoms with Crippen molar-refractivity contribution >= 4 is 17.1 Å². The average molecular weight is 172 g/mol. The summed E-state index contributed by atoms with van der Waals surface area (Å²) in [5.74, 6) is 0.668. The first kappa shape index (κ1) is 11.1. The number of rotatable bonds is 6. The van der Waals surface area contributed by atoms with Gasteiger partial charge in [-0.15, -0.1) is 0 Å². The molecule has 66 valence electrons. The van der Waals surface area contributed by atoms with Crippen LogP contribution in [0.1, 0.15) is 52.9 Å². The molecule has 0 amide bonds. The van der Waals surface area contributed by atoms with Crippen molar-refractivity contribution in [1.29, 1.82) is 0 Å². The van der Waals surface area contributed by atoms with Crippen LogP contribution in [-0.4, -0.2) is 4.86 Å². The minimum absolute atomic E-state index is 0.668. The molecule has 0 aliphatic carbocycles. The van der Waals surface area contributed by atoms with Gasteiger partial charge in [0.2, 0.25) is 0 Å². The quantitative estimate of drug-likeness (QED) is 0.546. The maximum absolute atomic E-state index is 5.31. The number of hydrogen-bond acceptors (Lipinski definition) is 1. The number of thiocarbonyl (C=S) groups is 1. The maximum Gasteiger partial charge on any atom is -0.00433 e. The van der Waals surface area contributed by atoms with Crippen LogP contribution in [-0.2, 0) is 0 Å². The molecule has 0 aromatic carbocycles. The summed E-state index contributed by atoms with van der Waals surface area (Å²) >= 11 is 5.31. The average Bonchev–Trinajstić information content (AvgIpc) is 2.00. The zero-order valence-corrected chi connectivity index (χ0v) is 8.84. The molecule has 0 saturated carbocycles. The molecule has 0 aromatic heterocycles. The second-order valence-electron chi connectivity index (χ2n) is 3.26. The Morgan fingerprint density at radius 3 is 2.36 bits per heavy atom. The van der Waals surface area contributed by atoms with E-state index in [0.29, 0.717) is 5.92 Å². The van der Waals surface area contributed by atoms with Crippen molar-refractivity contribution in [2.75, 3.05) is 0 Å². The van der Waals surface area contributed by atoms with E-state index in [1.165, 1.54) is 30.5 Å². The number of hydrogen-bond donors (Lipinski definition) is 0. The van der Waals surface area contributed by atoms with Crippen molar-refractivity contribution in [3.8, 4) is 0 Å². The summed E-state index contributed by atoms with van der Waals surface area (Å²) in [6, 6.07) is 0. The number of unbranched alkanes of at least 4 members (excludes halogenated alkanes) is 1. The van der Waals surface area contributed by atoms with Gasteiger partial charge >= 0.3 is 0 Å². The van der Waals surface area contributed by atoms with Crippen molar-refractivity contribution in [2.45, 2.75) is 52.9 Å². The van der Waals surface area contributed by atoms with Crippen LogP contribution in [0.5, 0.6) is 0 Å². The van der Waals surface area contributed by atoms with Gasteiger partial charge in [-0.05, 0) is 30.0 Å². The van der Waals surface area contributed by atoms with Gasteiger partial charge in [-0.3, -0.25) is 0 Å². The first-order chi connectivity index (χ1) is 5.22. The predicted molar refractivity (Wildman–Crippen MR) is 56.2 cm³/mol. The second-order valence-corrected chi connectivity index (χ2v) is 3.78. The molecule has 1 unspecified atom stereocenters. The van der Waals surface area contributed by atoms with Gasteiger partial charge in [0.25, 0.3) is 0 Å². The fraction of sp³-hybridized carbons (Fsp3) is 0.900. The normalized spacial score (nSPS) is 13.0. The van der Waals surface area contributed by atoms with Crippen LogP contribution in [0, 0.1) is 5.92 Å². The van der Waals surface area contributed by atoms with Crippen LogP contribution in [0.25, 0.3) is 0 Å². The van der Waals surface area contributed by atoms with E-state index in [-0.39, 0.29) is 0 Å². The molecule has 0 aliphatic rings. The third-order valence-corrected chi connectivity index (χ3v) is 2.65. The minimum atomic E-state index is 0.668. The minimum Gasteiger partial charge on any atom is -0.0894 e. The molecule has 0 nitrogen and oxygen atoms in total. The molecular weight excluding hydrogens is 152 g/mol. The van der Waals surface area contributed by atoms with Gasteiger partial charge in [-0.2, -0.15) is 0 Å². The summed E-state index contributed by atoms with van der Waals surface area (Å²) in [6.45, 7) is 6.69. The van der Waals surface area contributed by atoms with Gasteiger partial charge < -0.3 is 0 Å². The van der Waals surface area contributed by atoms with Crippen LogP contribution in [0.2, 0.25) is 0 Å². The molecule has 0 fully saturated rings. The highest BCUT2D eigenvalue weighted by molar-refractivity contribution is 7.80. The summed E-state index contributed by atoms with van der Waals surface area (Å²) < 4.78 is 0. The van der Waals surface area contributed by atoms with Crippen molar-refractivity contribution in [2.24, 2.45) is 5.92 Å². The molecule has 0 spiro atoms. The van der Waals surface area contributed by atoms with E-state index in [9.17, 15) is 0 Å². The zero-order valence-electron chi connectivity index (χ0n) is 8.02. The Morgan fingerprint density at radius 1 is 1.27 bits per heavy atom. The van der Waals surface area contributed by atoms with Crippen molar-refractivity contribution in [3.63, 3.8) is 0 Å². The monoisotopic (exact) mass is 172 g/mol. The predicted octanol–water partition coefficient (Wildman–Crippen LogP) is 3.98. The Morgan fingerprint density at radius 2 is 1.91 bits per heavy atom. The summed E-state index contributed by atoms with van der Waals surface area (Å²) in [4.78, 5) is 1.29. The highest BCUT2D eigenvalue weighted by Crippen LogP contribution is 2.12. The molecule has 0 N–H and O–H groups in total. The van der Waals surface area contributed by atoms with Gasteiger partial charge in [-0.1, -0.05) is 45.8 Å². The van der Waals surface area contributed by atoms with Gasteiger partial charge in [0.15, 0.2) is 0 Å².